The van der Waals surface area contributed by atoms with E-state index in [0.717, 1.165) is 5.56 Å². The van der Waals surface area contributed by atoms with Gasteiger partial charge in [-0.1, -0.05) is 0 Å². The molecule has 1 aromatic heterocycles. The van der Waals surface area contributed by atoms with Crippen LogP contribution in [-0.4, -0.2) is 52.4 Å². The van der Waals surface area contributed by atoms with Crippen molar-refractivity contribution in [2.45, 2.75) is 25.0 Å². The lowest BCUT2D eigenvalue weighted by atomic mass is 9.99. The molecule has 0 saturated carbocycles. The second-order valence-electron chi connectivity index (χ2n) is 4.98. The molecule has 1 fully saturated rings. The van der Waals surface area contributed by atoms with Crippen molar-refractivity contribution in [2.75, 3.05) is 19.8 Å². The van der Waals surface area contributed by atoms with Crippen molar-refractivity contribution in [2.24, 2.45) is 18.5 Å². The Balaban J connectivity index is 2.29. The molecule has 0 bridgehead atoms. The number of rotatable bonds is 4. The van der Waals surface area contributed by atoms with Gasteiger partial charge in [0.25, 0.3) is 0 Å². The number of aromatic nitrogens is 2. The lowest BCUT2D eigenvalue weighted by Crippen LogP contribution is -2.56. The summed E-state index contributed by atoms with van der Waals surface area (Å²) in [5.41, 5.74) is 12.5. The van der Waals surface area contributed by atoms with E-state index in [9.17, 15) is 4.79 Å². The molecule has 1 aromatic rings. The van der Waals surface area contributed by atoms with Crippen molar-refractivity contribution in [3.8, 4) is 0 Å². The van der Waals surface area contributed by atoms with E-state index in [4.69, 9.17) is 16.2 Å². The number of primary amides is 1. The fourth-order valence-corrected chi connectivity index (χ4v) is 2.58. The van der Waals surface area contributed by atoms with Gasteiger partial charge >= 0.3 is 0 Å². The van der Waals surface area contributed by atoms with Gasteiger partial charge in [0.1, 0.15) is 6.04 Å². The molecule has 1 amide bonds. The van der Waals surface area contributed by atoms with Gasteiger partial charge in [0.15, 0.2) is 0 Å². The summed E-state index contributed by atoms with van der Waals surface area (Å²) in [6.45, 7) is 3.45. The SMILES string of the molecule is CC(N)C(c1cnn(C)c1)N1CCOCC1C(N)=O. The van der Waals surface area contributed by atoms with Crippen LogP contribution in [0.1, 0.15) is 18.5 Å². The van der Waals surface area contributed by atoms with Crippen LogP contribution < -0.4 is 11.5 Å². The molecule has 7 heteroatoms. The summed E-state index contributed by atoms with van der Waals surface area (Å²) in [5, 5.41) is 4.17. The Hall–Kier alpha value is -1.44. The molecule has 3 unspecified atom stereocenters. The van der Waals surface area contributed by atoms with E-state index in [1.165, 1.54) is 0 Å². The minimum absolute atomic E-state index is 0.0879. The number of aryl methyl sites for hydroxylation is 1. The maximum absolute atomic E-state index is 11.6. The Kier molecular flexibility index (Phi) is 4.18. The Labute approximate surface area is 112 Å². The fourth-order valence-electron chi connectivity index (χ4n) is 2.58. The summed E-state index contributed by atoms with van der Waals surface area (Å²) in [6, 6.07) is -0.663. The third-order valence-corrected chi connectivity index (χ3v) is 3.42. The van der Waals surface area contributed by atoms with Gasteiger partial charge in [-0.05, 0) is 6.92 Å². The second-order valence-corrected chi connectivity index (χ2v) is 4.98. The number of morpholine rings is 1. The number of ether oxygens (including phenoxy) is 1. The molecule has 7 nitrogen and oxygen atoms in total. The van der Waals surface area contributed by atoms with E-state index in [1.54, 1.807) is 10.9 Å². The number of nitrogens with zero attached hydrogens (tertiary/aromatic N) is 3. The van der Waals surface area contributed by atoms with Crippen molar-refractivity contribution in [1.29, 1.82) is 0 Å². The van der Waals surface area contributed by atoms with E-state index < -0.39 is 6.04 Å². The van der Waals surface area contributed by atoms with Crippen LogP contribution in [0.25, 0.3) is 0 Å². The highest BCUT2D eigenvalue weighted by Crippen LogP contribution is 2.26. The van der Waals surface area contributed by atoms with Gasteiger partial charge in [-0.2, -0.15) is 5.10 Å². The first-order valence-electron chi connectivity index (χ1n) is 6.37. The summed E-state index contributed by atoms with van der Waals surface area (Å²) in [7, 11) is 1.85. The monoisotopic (exact) mass is 267 g/mol. The van der Waals surface area contributed by atoms with E-state index in [-0.39, 0.29) is 18.0 Å². The standard InChI is InChI=1S/C12H21N5O2/c1-8(13)11(9-5-15-16(2)6-9)17-3-4-19-7-10(17)12(14)18/h5-6,8,10-11H,3-4,7,13H2,1-2H3,(H2,14,18). The Bertz CT molecular complexity index is 445. The minimum atomic E-state index is -0.440. The molecule has 106 valence electrons. The van der Waals surface area contributed by atoms with Gasteiger partial charge in [-0.3, -0.25) is 14.4 Å². The molecule has 2 heterocycles. The molecule has 4 N–H and O–H groups in total. The average Bonchev–Trinajstić information content (AvgIpc) is 2.76. The highest BCUT2D eigenvalue weighted by atomic mass is 16.5. The van der Waals surface area contributed by atoms with Gasteiger partial charge in [0.05, 0.1) is 25.5 Å². The normalized spacial score (nSPS) is 24.1. The third kappa shape index (κ3) is 2.94. The lowest BCUT2D eigenvalue weighted by molar-refractivity contribution is -0.131. The Morgan fingerprint density at radius 3 is 2.89 bits per heavy atom. The van der Waals surface area contributed by atoms with Crippen molar-refractivity contribution in [1.82, 2.24) is 14.7 Å². The maximum atomic E-state index is 11.6. The smallest absolute Gasteiger partial charge is 0.237 e. The molecule has 0 spiro atoms. The van der Waals surface area contributed by atoms with Gasteiger partial charge in [-0.15, -0.1) is 0 Å². The Morgan fingerprint density at radius 2 is 2.37 bits per heavy atom. The predicted molar refractivity (Wildman–Crippen MR) is 70.1 cm³/mol. The molecule has 19 heavy (non-hydrogen) atoms. The molecule has 2 rings (SSSR count). The van der Waals surface area contributed by atoms with Gasteiger partial charge in [0, 0.05) is 31.4 Å². The quantitative estimate of drug-likeness (QED) is 0.728. The number of hydrogen-bond acceptors (Lipinski definition) is 5. The molecule has 1 saturated heterocycles. The maximum Gasteiger partial charge on any atom is 0.237 e. The van der Waals surface area contributed by atoms with E-state index in [2.05, 4.69) is 5.10 Å². The first-order valence-corrected chi connectivity index (χ1v) is 6.37. The van der Waals surface area contributed by atoms with E-state index >= 15 is 0 Å². The number of hydrogen-bond donors (Lipinski definition) is 2. The van der Waals surface area contributed by atoms with Crippen LogP contribution in [0.4, 0.5) is 0 Å². The van der Waals surface area contributed by atoms with Gasteiger partial charge in [0.2, 0.25) is 5.91 Å². The molecular weight excluding hydrogens is 246 g/mol. The van der Waals surface area contributed by atoms with Crippen LogP contribution in [0.15, 0.2) is 12.4 Å². The molecule has 0 aliphatic carbocycles. The van der Waals surface area contributed by atoms with Crippen LogP contribution in [0, 0.1) is 0 Å². The third-order valence-electron chi connectivity index (χ3n) is 3.42. The zero-order chi connectivity index (χ0) is 14.0. The van der Waals surface area contributed by atoms with Crippen molar-refractivity contribution in [3.63, 3.8) is 0 Å². The van der Waals surface area contributed by atoms with E-state index in [1.807, 2.05) is 25.1 Å². The predicted octanol–water partition coefficient (Wildman–Crippen LogP) is -1.01. The first kappa shape index (κ1) is 14.0. The van der Waals surface area contributed by atoms with Gasteiger partial charge < -0.3 is 16.2 Å². The number of nitrogens with two attached hydrogens (primary N) is 2. The highest BCUT2D eigenvalue weighted by molar-refractivity contribution is 5.80. The summed E-state index contributed by atoms with van der Waals surface area (Å²) < 4.78 is 7.07. The van der Waals surface area contributed by atoms with Crippen LogP contribution in [0.2, 0.25) is 0 Å². The van der Waals surface area contributed by atoms with Crippen molar-refractivity contribution >= 4 is 5.91 Å². The van der Waals surface area contributed by atoms with Gasteiger partial charge in [-0.25, -0.2) is 0 Å². The number of carbonyl (C=O) groups excluding carboxylic acids is 1. The second kappa shape index (κ2) is 5.68. The van der Waals surface area contributed by atoms with Crippen molar-refractivity contribution < 1.29 is 9.53 Å². The van der Waals surface area contributed by atoms with Crippen LogP contribution in [-0.2, 0) is 16.6 Å². The summed E-state index contributed by atoms with van der Waals surface area (Å²) >= 11 is 0. The Morgan fingerprint density at radius 1 is 1.63 bits per heavy atom. The largest absolute Gasteiger partial charge is 0.378 e. The summed E-state index contributed by atoms with van der Waals surface area (Å²) in [6.07, 6.45) is 3.70. The van der Waals surface area contributed by atoms with Crippen LogP contribution >= 0.6 is 0 Å². The average molecular weight is 267 g/mol. The highest BCUT2D eigenvalue weighted by Gasteiger charge is 2.35. The summed E-state index contributed by atoms with van der Waals surface area (Å²) in [4.78, 5) is 13.6. The molecule has 1 aliphatic rings. The lowest BCUT2D eigenvalue weighted by Gasteiger charge is -2.40. The number of carbonyl (C=O) groups is 1. The van der Waals surface area contributed by atoms with Crippen LogP contribution in [0.3, 0.4) is 0 Å². The molecule has 3 atom stereocenters. The molecule has 0 radical (unpaired) electrons. The summed E-state index contributed by atoms with van der Waals surface area (Å²) in [5.74, 6) is -0.380. The molecular formula is C12H21N5O2. The zero-order valence-electron chi connectivity index (χ0n) is 11.3. The number of amides is 1. The fraction of sp³-hybridized carbons (Fsp3) is 0.667. The van der Waals surface area contributed by atoms with Crippen molar-refractivity contribution in [3.05, 3.63) is 18.0 Å². The minimum Gasteiger partial charge on any atom is -0.378 e. The van der Waals surface area contributed by atoms with Crippen LogP contribution in [0.5, 0.6) is 0 Å². The van der Waals surface area contributed by atoms with E-state index in [0.29, 0.717) is 19.8 Å². The first-order chi connectivity index (χ1) is 9.00. The topological polar surface area (TPSA) is 99.4 Å². The molecule has 0 aromatic carbocycles. The zero-order valence-corrected chi connectivity index (χ0v) is 11.3. The molecule has 1 aliphatic heterocycles.